The van der Waals surface area contributed by atoms with Crippen LogP contribution in [0.4, 0.5) is 15.8 Å². The summed E-state index contributed by atoms with van der Waals surface area (Å²) in [6, 6.07) is 12.4. The number of aromatic nitrogens is 1. The van der Waals surface area contributed by atoms with Gasteiger partial charge in [-0.25, -0.2) is 9.37 Å². The van der Waals surface area contributed by atoms with Crippen molar-refractivity contribution in [3.63, 3.8) is 0 Å². The molecule has 2 aromatic carbocycles. The molecular weight excluding hydrogens is 285 g/mol. The molecule has 0 bridgehead atoms. The van der Waals surface area contributed by atoms with E-state index < -0.39 is 5.91 Å². The molecule has 22 heavy (non-hydrogen) atoms. The van der Waals surface area contributed by atoms with Crippen LogP contribution in [0.3, 0.4) is 0 Å². The first-order valence-electron chi connectivity index (χ1n) is 6.50. The van der Waals surface area contributed by atoms with Crippen molar-refractivity contribution in [1.29, 1.82) is 0 Å². The van der Waals surface area contributed by atoms with Crippen molar-refractivity contribution in [2.75, 3.05) is 11.1 Å². The third-order valence-corrected chi connectivity index (χ3v) is 2.97. The van der Waals surface area contributed by atoms with Crippen LogP contribution in [-0.2, 0) is 0 Å². The average molecular weight is 297 g/mol. The van der Waals surface area contributed by atoms with E-state index in [4.69, 9.17) is 10.2 Å². The molecule has 3 aromatic rings. The molecule has 0 aliphatic rings. The number of hydrogen-bond donors (Lipinski definition) is 2. The lowest BCUT2D eigenvalue weighted by Crippen LogP contribution is -2.12. The summed E-state index contributed by atoms with van der Waals surface area (Å²) in [5.41, 5.74) is 7.55. The molecule has 1 amide bonds. The number of amides is 1. The van der Waals surface area contributed by atoms with Gasteiger partial charge in [-0.05, 0) is 42.5 Å². The van der Waals surface area contributed by atoms with Gasteiger partial charge in [0.1, 0.15) is 12.1 Å². The van der Waals surface area contributed by atoms with Crippen LogP contribution in [0.15, 0.2) is 59.2 Å². The van der Waals surface area contributed by atoms with Gasteiger partial charge < -0.3 is 15.5 Å². The molecule has 3 rings (SSSR count). The lowest BCUT2D eigenvalue weighted by molar-refractivity contribution is 0.102. The SMILES string of the molecule is Nc1cccc(-c2nc(C(=O)Nc3ccc(F)cc3)co2)c1. The van der Waals surface area contributed by atoms with E-state index in [2.05, 4.69) is 10.3 Å². The molecule has 3 N–H and O–H groups in total. The van der Waals surface area contributed by atoms with E-state index in [1.54, 1.807) is 24.3 Å². The van der Waals surface area contributed by atoms with E-state index >= 15 is 0 Å². The predicted octanol–water partition coefficient (Wildman–Crippen LogP) is 3.32. The quantitative estimate of drug-likeness (QED) is 0.727. The van der Waals surface area contributed by atoms with Crippen molar-refractivity contribution in [2.24, 2.45) is 0 Å². The highest BCUT2D eigenvalue weighted by atomic mass is 19.1. The van der Waals surface area contributed by atoms with E-state index in [0.717, 1.165) is 0 Å². The van der Waals surface area contributed by atoms with Crippen LogP contribution in [0.5, 0.6) is 0 Å². The number of nitrogens with zero attached hydrogens (tertiary/aromatic N) is 1. The fraction of sp³-hybridized carbons (Fsp3) is 0. The second kappa shape index (κ2) is 5.69. The molecule has 0 unspecified atom stereocenters. The summed E-state index contributed by atoms with van der Waals surface area (Å²) in [4.78, 5) is 16.2. The Morgan fingerprint density at radius 3 is 2.68 bits per heavy atom. The number of oxazole rings is 1. The highest BCUT2D eigenvalue weighted by Crippen LogP contribution is 2.21. The number of rotatable bonds is 3. The summed E-state index contributed by atoms with van der Waals surface area (Å²) in [7, 11) is 0. The number of halogens is 1. The lowest BCUT2D eigenvalue weighted by atomic mass is 10.2. The van der Waals surface area contributed by atoms with E-state index in [1.165, 1.54) is 30.5 Å². The van der Waals surface area contributed by atoms with Crippen LogP contribution in [-0.4, -0.2) is 10.9 Å². The Bertz CT molecular complexity index is 812. The second-order valence-electron chi connectivity index (χ2n) is 4.62. The van der Waals surface area contributed by atoms with Crippen LogP contribution in [0.1, 0.15) is 10.5 Å². The average Bonchev–Trinajstić information content (AvgIpc) is 3.00. The Morgan fingerprint density at radius 1 is 1.18 bits per heavy atom. The number of carbonyl (C=O) groups excluding carboxylic acids is 1. The molecule has 0 radical (unpaired) electrons. The first kappa shape index (κ1) is 13.8. The number of nitrogens with two attached hydrogens (primary N) is 1. The molecule has 1 heterocycles. The highest BCUT2D eigenvalue weighted by molar-refractivity contribution is 6.02. The third kappa shape index (κ3) is 2.95. The molecule has 0 spiro atoms. The smallest absolute Gasteiger partial charge is 0.277 e. The Kier molecular flexibility index (Phi) is 3.57. The maximum Gasteiger partial charge on any atom is 0.277 e. The van der Waals surface area contributed by atoms with E-state index in [1.807, 2.05) is 0 Å². The molecule has 0 saturated heterocycles. The summed E-state index contributed by atoms with van der Waals surface area (Å²) in [6.45, 7) is 0. The number of nitrogens with one attached hydrogen (secondary N) is 1. The number of hydrogen-bond acceptors (Lipinski definition) is 4. The Morgan fingerprint density at radius 2 is 1.95 bits per heavy atom. The fourth-order valence-electron chi connectivity index (χ4n) is 1.91. The van der Waals surface area contributed by atoms with Gasteiger partial charge in [0.2, 0.25) is 5.89 Å². The van der Waals surface area contributed by atoms with Gasteiger partial charge in [-0.1, -0.05) is 6.07 Å². The summed E-state index contributed by atoms with van der Waals surface area (Å²) < 4.78 is 18.1. The Balaban J connectivity index is 1.78. The Hall–Kier alpha value is -3.15. The first-order chi connectivity index (χ1) is 10.6. The lowest BCUT2D eigenvalue weighted by Gasteiger charge is -2.01. The zero-order valence-corrected chi connectivity index (χ0v) is 11.4. The van der Waals surface area contributed by atoms with Gasteiger partial charge in [0.25, 0.3) is 5.91 Å². The van der Waals surface area contributed by atoms with Crippen molar-refractivity contribution in [3.8, 4) is 11.5 Å². The molecule has 0 aliphatic carbocycles. The van der Waals surface area contributed by atoms with Gasteiger partial charge in [0, 0.05) is 16.9 Å². The molecule has 1 aromatic heterocycles. The van der Waals surface area contributed by atoms with Gasteiger partial charge >= 0.3 is 0 Å². The van der Waals surface area contributed by atoms with Gasteiger partial charge in [0.05, 0.1) is 0 Å². The topological polar surface area (TPSA) is 81.1 Å². The molecular formula is C16H12FN3O2. The Labute approximate surface area is 125 Å². The van der Waals surface area contributed by atoms with Gasteiger partial charge in [-0.2, -0.15) is 0 Å². The van der Waals surface area contributed by atoms with E-state index in [9.17, 15) is 9.18 Å². The minimum atomic E-state index is -0.439. The summed E-state index contributed by atoms with van der Waals surface area (Å²) in [5, 5.41) is 2.61. The maximum atomic E-state index is 12.8. The summed E-state index contributed by atoms with van der Waals surface area (Å²) in [6.07, 6.45) is 1.26. The summed E-state index contributed by atoms with van der Waals surface area (Å²) in [5.74, 6) is -0.509. The maximum absolute atomic E-state index is 12.8. The zero-order valence-electron chi connectivity index (χ0n) is 11.4. The zero-order chi connectivity index (χ0) is 15.5. The molecule has 0 atom stereocenters. The molecule has 0 fully saturated rings. The third-order valence-electron chi connectivity index (χ3n) is 2.97. The number of carbonyl (C=O) groups is 1. The minimum Gasteiger partial charge on any atom is -0.444 e. The van der Waals surface area contributed by atoms with Crippen LogP contribution in [0.25, 0.3) is 11.5 Å². The molecule has 6 heteroatoms. The number of anilines is 2. The van der Waals surface area contributed by atoms with Gasteiger partial charge in [-0.3, -0.25) is 4.79 Å². The van der Waals surface area contributed by atoms with Crippen LogP contribution in [0, 0.1) is 5.82 Å². The fourth-order valence-corrected chi connectivity index (χ4v) is 1.91. The largest absolute Gasteiger partial charge is 0.444 e. The van der Waals surface area contributed by atoms with Gasteiger partial charge in [0.15, 0.2) is 5.69 Å². The normalized spacial score (nSPS) is 10.4. The van der Waals surface area contributed by atoms with Crippen molar-refractivity contribution in [1.82, 2.24) is 4.98 Å². The first-order valence-corrected chi connectivity index (χ1v) is 6.50. The number of nitrogen functional groups attached to an aromatic ring is 1. The van der Waals surface area contributed by atoms with Crippen molar-refractivity contribution >= 4 is 17.3 Å². The number of benzene rings is 2. The molecule has 0 aliphatic heterocycles. The van der Waals surface area contributed by atoms with Gasteiger partial charge in [-0.15, -0.1) is 0 Å². The van der Waals surface area contributed by atoms with Crippen molar-refractivity contribution in [2.45, 2.75) is 0 Å². The predicted molar refractivity (Wildman–Crippen MR) is 80.7 cm³/mol. The summed E-state index contributed by atoms with van der Waals surface area (Å²) >= 11 is 0. The van der Waals surface area contributed by atoms with Crippen LogP contribution < -0.4 is 11.1 Å². The second-order valence-corrected chi connectivity index (χ2v) is 4.62. The van der Waals surface area contributed by atoms with E-state index in [0.29, 0.717) is 22.8 Å². The molecule has 110 valence electrons. The molecule has 0 saturated carbocycles. The van der Waals surface area contributed by atoms with Crippen LogP contribution in [0.2, 0.25) is 0 Å². The highest BCUT2D eigenvalue weighted by Gasteiger charge is 2.13. The standard InChI is InChI=1S/C16H12FN3O2/c17-11-4-6-13(7-5-11)19-15(21)14-9-22-16(20-14)10-2-1-3-12(18)8-10/h1-9H,18H2,(H,19,21). The molecule has 5 nitrogen and oxygen atoms in total. The van der Waals surface area contributed by atoms with Crippen molar-refractivity contribution in [3.05, 3.63) is 66.3 Å². The van der Waals surface area contributed by atoms with Crippen molar-refractivity contribution < 1.29 is 13.6 Å². The minimum absolute atomic E-state index is 0.127. The van der Waals surface area contributed by atoms with E-state index in [-0.39, 0.29) is 11.5 Å². The van der Waals surface area contributed by atoms with Crippen LogP contribution >= 0.6 is 0 Å². The monoisotopic (exact) mass is 297 g/mol.